The summed E-state index contributed by atoms with van der Waals surface area (Å²) in [5.41, 5.74) is 1.43. The zero-order chi connectivity index (χ0) is 19.9. The summed E-state index contributed by atoms with van der Waals surface area (Å²) < 4.78 is 7.17. The Morgan fingerprint density at radius 2 is 1.93 bits per heavy atom. The van der Waals surface area contributed by atoms with Gasteiger partial charge in [-0.3, -0.25) is 4.79 Å². The number of aliphatic hydroxyl groups excluding tert-OH is 1. The number of ketones is 1. The van der Waals surface area contributed by atoms with E-state index in [4.69, 9.17) is 16.3 Å². The molecule has 0 saturated heterocycles. The second-order valence-corrected chi connectivity index (χ2v) is 7.35. The molecule has 0 radical (unpaired) electrons. The highest BCUT2D eigenvalue weighted by Gasteiger charge is 2.13. The Morgan fingerprint density at radius 3 is 2.61 bits per heavy atom. The lowest BCUT2D eigenvalue weighted by molar-refractivity contribution is 0.0987. The molecule has 1 atom stereocenters. The van der Waals surface area contributed by atoms with Gasteiger partial charge in [-0.25, -0.2) is 0 Å². The third-order valence-corrected chi connectivity index (χ3v) is 5.17. The molecule has 0 spiro atoms. The van der Waals surface area contributed by atoms with Gasteiger partial charge in [0.25, 0.3) is 0 Å². The monoisotopic (exact) mass is 418 g/mol. The Morgan fingerprint density at radius 1 is 1.21 bits per heavy atom. The molecule has 1 N–H and O–H groups in total. The average molecular weight is 419 g/mol. The van der Waals surface area contributed by atoms with E-state index in [9.17, 15) is 9.90 Å². The van der Waals surface area contributed by atoms with Crippen LogP contribution in [0.15, 0.2) is 53.7 Å². The fourth-order valence-electron chi connectivity index (χ4n) is 2.37. The van der Waals surface area contributed by atoms with Crippen molar-refractivity contribution < 1.29 is 14.6 Å². The van der Waals surface area contributed by atoms with E-state index in [2.05, 4.69) is 15.5 Å². The van der Waals surface area contributed by atoms with Crippen LogP contribution in [0.25, 0.3) is 5.69 Å². The number of Topliss-reactive ketones (excluding diaryl/α,β-unsaturated/α-hetero) is 1. The topological polar surface area (TPSA) is 90.1 Å². The zero-order valence-corrected chi connectivity index (χ0v) is 16.7. The van der Waals surface area contributed by atoms with Gasteiger partial charge in [-0.2, -0.15) is 4.68 Å². The van der Waals surface area contributed by atoms with Gasteiger partial charge in [0.1, 0.15) is 12.4 Å². The molecule has 0 bridgehead atoms. The maximum absolute atomic E-state index is 11.6. The predicted octanol–water partition coefficient (Wildman–Crippen LogP) is 3.44. The Bertz CT molecular complexity index is 916. The second kappa shape index (κ2) is 9.68. The van der Waals surface area contributed by atoms with E-state index in [1.165, 1.54) is 11.8 Å². The number of carbonyl (C=O) groups excluding carboxylic acids is 1. The first-order chi connectivity index (χ1) is 13.6. The molecule has 0 saturated carbocycles. The molecule has 9 heteroatoms. The number of carbonyl (C=O) groups is 1. The lowest BCUT2D eigenvalue weighted by atomic mass is 10.1. The largest absolute Gasteiger partial charge is 0.491 e. The number of aliphatic hydroxyl groups is 1. The van der Waals surface area contributed by atoms with Crippen molar-refractivity contribution in [2.24, 2.45) is 0 Å². The van der Waals surface area contributed by atoms with Crippen LogP contribution in [0.5, 0.6) is 5.75 Å². The van der Waals surface area contributed by atoms with Gasteiger partial charge < -0.3 is 9.84 Å². The first-order valence-corrected chi connectivity index (χ1v) is 10.0. The molecule has 2 aromatic carbocycles. The van der Waals surface area contributed by atoms with E-state index < -0.39 is 6.10 Å². The molecule has 1 aromatic heterocycles. The molecule has 0 aliphatic carbocycles. The molecule has 0 aliphatic heterocycles. The van der Waals surface area contributed by atoms with Gasteiger partial charge in [-0.15, -0.1) is 5.10 Å². The third kappa shape index (κ3) is 5.31. The van der Waals surface area contributed by atoms with Crippen LogP contribution in [0, 0.1) is 0 Å². The number of rotatable bonds is 9. The Hall–Kier alpha value is -2.42. The molecule has 3 rings (SSSR count). The molecule has 146 valence electrons. The molecular weight excluding hydrogens is 400 g/mol. The number of hydrogen-bond donors (Lipinski definition) is 1. The van der Waals surface area contributed by atoms with Crippen molar-refractivity contribution in [3.05, 3.63) is 59.1 Å². The van der Waals surface area contributed by atoms with Crippen LogP contribution in [0.4, 0.5) is 0 Å². The van der Waals surface area contributed by atoms with Crippen molar-refractivity contribution in [2.45, 2.75) is 24.6 Å². The van der Waals surface area contributed by atoms with E-state index in [-0.39, 0.29) is 12.4 Å². The van der Waals surface area contributed by atoms with Crippen LogP contribution in [0.3, 0.4) is 0 Å². The minimum absolute atomic E-state index is 0.0846. The normalized spacial score (nSPS) is 12.0. The second-order valence-electron chi connectivity index (χ2n) is 5.93. The van der Waals surface area contributed by atoms with Crippen molar-refractivity contribution in [1.82, 2.24) is 20.2 Å². The highest BCUT2D eigenvalue weighted by molar-refractivity contribution is 7.99. The summed E-state index contributed by atoms with van der Waals surface area (Å²) in [6.07, 6.45) is -0.247. The van der Waals surface area contributed by atoms with Gasteiger partial charge in [0.15, 0.2) is 5.78 Å². The summed E-state index contributed by atoms with van der Waals surface area (Å²) in [4.78, 5) is 11.6. The van der Waals surface area contributed by atoms with Crippen LogP contribution in [-0.2, 0) is 0 Å². The quantitative estimate of drug-likeness (QED) is 0.420. The Labute approximate surface area is 171 Å². The van der Waals surface area contributed by atoms with Crippen molar-refractivity contribution in [2.75, 3.05) is 12.4 Å². The maximum Gasteiger partial charge on any atom is 0.214 e. The number of aromatic nitrogens is 4. The van der Waals surface area contributed by atoms with Gasteiger partial charge >= 0.3 is 0 Å². The minimum Gasteiger partial charge on any atom is -0.491 e. The van der Waals surface area contributed by atoms with Gasteiger partial charge in [0.2, 0.25) is 5.16 Å². The summed E-state index contributed by atoms with van der Waals surface area (Å²) in [5, 5.41) is 23.0. The molecule has 3 aromatic rings. The van der Waals surface area contributed by atoms with Crippen molar-refractivity contribution in [3.8, 4) is 11.4 Å². The fourth-order valence-corrected chi connectivity index (χ4v) is 3.29. The van der Waals surface area contributed by atoms with E-state index in [0.717, 1.165) is 5.69 Å². The number of ether oxygens (including phenoxy) is 1. The van der Waals surface area contributed by atoms with Crippen LogP contribution in [0.2, 0.25) is 5.02 Å². The molecule has 0 amide bonds. The number of hydrogen-bond acceptors (Lipinski definition) is 7. The van der Waals surface area contributed by atoms with E-state index in [1.807, 2.05) is 19.1 Å². The summed E-state index contributed by atoms with van der Waals surface area (Å²) in [7, 11) is 0. The first kappa shape index (κ1) is 20.3. The van der Waals surface area contributed by atoms with Crippen molar-refractivity contribution in [3.63, 3.8) is 0 Å². The van der Waals surface area contributed by atoms with Crippen LogP contribution >= 0.6 is 23.4 Å². The highest BCUT2D eigenvalue weighted by atomic mass is 35.5. The third-order valence-electron chi connectivity index (χ3n) is 3.86. The first-order valence-electron chi connectivity index (χ1n) is 8.68. The standard InChI is InChI=1S/C19H19ClN4O3S/c1-2-18(26)13-3-9-17(10-4-13)27-11-16(25)12-28-19-21-22-23-24(19)15-7-5-14(20)6-8-15/h3-10,16,25H,2,11-12H2,1H3/t16-/m1/s1. The van der Waals surface area contributed by atoms with E-state index in [0.29, 0.717) is 33.7 Å². The summed E-state index contributed by atoms with van der Waals surface area (Å²) in [6, 6.07) is 14.0. The van der Waals surface area contributed by atoms with Crippen molar-refractivity contribution >= 4 is 29.1 Å². The summed E-state index contributed by atoms with van der Waals surface area (Å²) >= 11 is 7.23. The predicted molar refractivity (Wildman–Crippen MR) is 107 cm³/mol. The average Bonchev–Trinajstić information content (AvgIpc) is 3.19. The molecule has 7 nitrogen and oxygen atoms in total. The molecule has 1 heterocycles. The number of tetrazole rings is 1. The van der Waals surface area contributed by atoms with Gasteiger partial charge in [-0.1, -0.05) is 30.3 Å². The number of halogens is 1. The van der Waals surface area contributed by atoms with E-state index >= 15 is 0 Å². The molecule has 0 aliphatic rings. The Kier molecular flexibility index (Phi) is 7.02. The van der Waals surface area contributed by atoms with Gasteiger partial charge in [0, 0.05) is 22.8 Å². The van der Waals surface area contributed by atoms with Crippen LogP contribution in [0.1, 0.15) is 23.7 Å². The molecule has 28 heavy (non-hydrogen) atoms. The lowest BCUT2D eigenvalue weighted by Gasteiger charge is -2.12. The number of thioether (sulfide) groups is 1. The van der Waals surface area contributed by atoms with Crippen LogP contribution < -0.4 is 4.74 Å². The number of nitrogens with zero attached hydrogens (tertiary/aromatic N) is 4. The van der Waals surface area contributed by atoms with Crippen molar-refractivity contribution in [1.29, 1.82) is 0 Å². The van der Waals surface area contributed by atoms with Crippen LogP contribution in [-0.4, -0.2) is 49.6 Å². The molecule has 0 unspecified atom stereocenters. The zero-order valence-electron chi connectivity index (χ0n) is 15.2. The minimum atomic E-state index is -0.711. The van der Waals surface area contributed by atoms with E-state index in [1.54, 1.807) is 41.1 Å². The summed E-state index contributed by atoms with van der Waals surface area (Å²) in [6.45, 7) is 1.95. The van der Waals surface area contributed by atoms with Gasteiger partial charge in [-0.05, 0) is 59.0 Å². The Balaban J connectivity index is 1.51. The lowest BCUT2D eigenvalue weighted by Crippen LogP contribution is -2.20. The fraction of sp³-hybridized carbons (Fsp3) is 0.263. The molecular formula is C19H19ClN4O3S. The van der Waals surface area contributed by atoms with Gasteiger partial charge in [0.05, 0.1) is 11.8 Å². The SMILES string of the molecule is CCC(=O)c1ccc(OC[C@@H](O)CSc2nnnn2-c2ccc(Cl)cc2)cc1. The highest BCUT2D eigenvalue weighted by Crippen LogP contribution is 2.21. The maximum atomic E-state index is 11.6. The molecule has 0 fully saturated rings. The summed E-state index contributed by atoms with van der Waals surface area (Å²) in [5.74, 6) is 1.05. The number of benzene rings is 2. The smallest absolute Gasteiger partial charge is 0.214 e.